The van der Waals surface area contributed by atoms with Gasteiger partial charge in [0.05, 0.1) is 6.61 Å². The van der Waals surface area contributed by atoms with E-state index < -0.39 is 0 Å². The molecular formula is C15H26O2. The Kier molecular flexibility index (Phi) is 12.2. The summed E-state index contributed by atoms with van der Waals surface area (Å²) in [5, 5.41) is 0. The number of allylic oxidation sites excluding steroid dienone is 4. The largest absolute Gasteiger partial charge is 0.466 e. The molecule has 0 rings (SSSR count). The second kappa shape index (κ2) is 13.0. The summed E-state index contributed by atoms with van der Waals surface area (Å²) in [4.78, 5) is 11.0. The number of rotatable bonds is 10. The minimum Gasteiger partial charge on any atom is -0.466 e. The molecule has 0 spiro atoms. The molecule has 0 fully saturated rings. The van der Waals surface area contributed by atoms with Crippen molar-refractivity contribution in [1.82, 2.24) is 0 Å². The van der Waals surface area contributed by atoms with Crippen molar-refractivity contribution in [2.75, 3.05) is 6.61 Å². The molecule has 17 heavy (non-hydrogen) atoms. The lowest BCUT2D eigenvalue weighted by Gasteiger charge is -1.97. The smallest absolute Gasteiger partial charge is 0.306 e. The lowest BCUT2D eigenvalue weighted by molar-refractivity contribution is -0.142. The molecule has 0 aromatic heterocycles. The number of hydrogen-bond acceptors (Lipinski definition) is 2. The molecule has 0 N–H and O–H groups in total. The zero-order valence-electron chi connectivity index (χ0n) is 11.3. The zero-order valence-corrected chi connectivity index (χ0v) is 11.3. The molecule has 0 amide bonds. The minimum atomic E-state index is -0.104. The maximum atomic E-state index is 11.0. The van der Waals surface area contributed by atoms with Gasteiger partial charge in [0, 0.05) is 6.42 Å². The molecule has 0 aromatic carbocycles. The third-order valence-corrected chi connectivity index (χ3v) is 2.40. The van der Waals surface area contributed by atoms with Gasteiger partial charge in [-0.3, -0.25) is 4.79 Å². The summed E-state index contributed by atoms with van der Waals surface area (Å²) in [6.45, 7) is 4.52. The van der Waals surface area contributed by atoms with E-state index in [4.69, 9.17) is 4.74 Å². The minimum absolute atomic E-state index is 0.104. The average Bonchev–Trinajstić information content (AvgIpc) is 2.32. The van der Waals surface area contributed by atoms with Crippen LogP contribution in [0.5, 0.6) is 0 Å². The van der Waals surface area contributed by atoms with Crippen LogP contribution < -0.4 is 0 Å². The summed E-state index contributed by atoms with van der Waals surface area (Å²) >= 11 is 0. The summed E-state index contributed by atoms with van der Waals surface area (Å²) in [5.74, 6) is -0.104. The highest BCUT2D eigenvalue weighted by Gasteiger charge is 1.97. The van der Waals surface area contributed by atoms with Crippen molar-refractivity contribution in [1.29, 1.82) is 0 Å². The van der Waals surface area contributed by atoms with Crippen LogP contribution in [0.15, 0.2) is 24.3 Å². The fraction of sp³-hybridized carbons (Fsp3) is 0.667. The molecule has 0 saturated carbocycles. The van der Waals surface area contributed by atoms with E-state index in [9.17, 15) is 4.79 Å². The monoisotopic (exact) mass is 238 g/mol. The van der Waals surface area contributed by atoms with Gasteiger partial charge < -0.3 is 4.74 Å². The first-order valence-electron chi connectivity index (χ1n) is 6.76. The highest BCUT2D eigenvalue weighted by Crippen LogP contribution is 2.01. The van der Waals surface area contributed by atoms with Gasteiger partial charge in [0.2, 0.25) is 0 Å². The molecule has 0 saturated heterocycles. The molecule has 0 unspecified atom stereocenters. The molecule has 0 aliphatic carbocycles. The predicted molar refractivity (Wildman–Crippen MR) is 72.9 cm³/mol. The van der Waals surface area contributed by atoms with Crippen molar-refractivity contribution in [2.45, 2.75) is 58.8 Å². The van der Waals surface area contributed by atoms with Gasteiger partial charge in [-0.15, -0.1) is 0 Å². The number of hydrogen-bond donors (Lipinski definition) is 0. The van der Waals surface area contributed by atoms with E-state index in [2.05, 4.69) is 25.2 Å². The maximum Gasteiger partial charge on any atom is 0.306 e. The third-order valence-electron chi connectivity index (χ3n) is 2.40. The number of esters is 1. The fourth-order valence-electron chi connectivity index (χ4n) is 1.45. The van der Waals surface area contributed by atoms with Crippen molar-refractivity contribution in [2.24, 2.45) is 0 Å². The Morgan fingerprint density at radius 2 is 1.71 bits per heavy atom. The molecule has 0 aromatic rings. The Morgan fingerprint density at radius 3 is 2.35 bits per heavy atom. The Bertz CT molecular complexity index is 229. The summed E-state index contributed by atoms with van der Waals surface area (Å²) in [6, 6.07) is 0. The lowest BCUT2D eigenvalue weighted by Crippen LogP contribution is -2.02. The van der Waals surface area contributed by atoms with E-state index in [1.165, 1.54) is 25.7 Å². The van der Waals surface area contributed by atoms with Crippen LogP contribution >= 0.6 is 0 Å². The van der Waals surface area contributed by atoms with Crippen molar-refractivity contribution < 1.29 is 9.53 Å². The van der Waals surface area contributed by atoms with E-state index in [1.54, 1.807) is 0 Å². The average molecular weight is 238 g/mol. The van der Waals surface area contributed by atoms with Crippen LogP contribution in [0.3, 0.4) is 0 Å². The SMILES string of the molecule is CCCCCC=CCC=CCCC(=O)OCC. The second-order valence-corrected chi connectivity index (χ2v) is 4.02. The Labute approximate surface area is 106 Å². The molecule has 0 bridgehead atoms. The topological polar surface area (TPSA) is 26.3 Å². The van der Waals surface area contributed by atoms with Crippen molar-refractivity contribution in [3.05, 3.63) is 24.3 Å². The first kappa shape index (κ1) is 16.0. The maximum absolute atomic E-state index is 11.0. The second-order valence-electron chi connectivity index (χ2n) is 4.02. The number of carbonyl (C=O) groups is 1. The predicted octanol–water partition coefficient (Wildman–Crippen LogP) is 4.41. The number of ether oxygens (including phenoxy) is 1. The zero-order chi connectivity index (χ0) is 12.8. The van der Waals surface area contributed by atoms with Gasteiger partial charge in [-0.1, -0.05) is 44.1 Å². The molecule has 2 heteroatoms. The van der Waals surface area contributed by atoms with E-state index >= 15 is 0 Å². The molecule has 0 aliphatic rings. The van der Waals surface area contributed by atoms with E-state index in [1.807, 2.05) is 13.0 Å². The fourth-order valence-corrected chi connectivity index (χ4v) is 1.45. The first-order chi connectivity index (χ1) is 8.31. The molecule has 0 radical (unpaired) electrons. The summed E-state index contributed by atoms with van der Waals surface area (Å²) in [5.41, 5.74) is 0. The molecule has 2 nitrogen and oxygen atoms in total. The molecule has 98 valence electrons. The van der Waals surface area contributed by atoms with Crippen molar-refractivity contribution >= 4 is 5.97 Å². The molecule has 0 heterocycles. The van der Waals surface area contributed by atoms with Crippen LogP contribution in [0.2, 0.25) is 0 Å². The third kappa shape index (κ3) is 12.9. The van der Waals surface area contributed by atoms with E-state index in [0.717, 1.165) is 12.8 Å². The quantitative estimate of drug-likeness (QED) is 0.320. The van der Waals surface area contributed by atoms with Crippen molar-refractivity contribution in [3.8, 4) is 0 Å². The summed E-state index contributed by atoms with van der Waals surface area (Å²) < 4.78 is 4.84. The van der Waals surface area contributed by atoms with Gasteiger partial charge >= 0.3 is 5.97 Å². The standard InChI is InChI=1S/C15H26O2/c1-3-5-6-7-8-9-10-11-12-13-14-15(16)17-4-2/h8-9,11-12H,3-7,10,13-14H2,1-2H3. The lowest BCUT2D eigenvalue weighted by atomic mass is 10.2. The van der Waals surface area contributed by atoms with Crippen LogP contribution in [-0.4, -0.2) is 12.6 Å². The molecule has 0 atom stereocenters. The highest BCUT2D eigenvalue weighted by molar-refractivity contribution is 5.69. The normalized spacial score (nSPS) is 11.4. The van der Waals surface area contributed by atoms with Gasteiger partial charge in [-0.05, 0) is 32.6 Å². The van der Waals surface area contributed by atoms with Crippen LogP contribution in [0, 0.1) is 0 Å². The number of unbranched alkanes of at least 4 members (excludes halogenated alkanes) is 3. The Balaban J connectivity index is 3.33. The van der Waals surface area contributed by atoms with Crippen LogP contribution in [0.25, 0.3) is 0 Å². The van der Waals surface area contributed by atoms with Crippen molar-refractivity contribution in [3.63, 3.8) is 0 Å². The van der Waals surface area contributed by atoms with Crippen LogP contribution in [0.1, 0.15) is 58.8 Å². The van der Waals surface area contributed by atoms with Crippen LogP contribution in [0.4, 0.5) is 0 Å². The Hall–Kier alpha value is -1.05. The van der Waals surface area contributed by atoms with Crippen LogP contribution in [-0.2, 0) is 9.53 Å². The summed E-state index contributed by atoms with van der Waals surface area (Å²) in [6.07, 6.45) is 15.9. The Morgan fingerprint density at radius 1 is 1.00 bits per heavy atom. The van der Waals surface area contributed by atoms with Gasteiger partial charge in [0.25, 0.3) is 0 Å². The van der Waals surface area contributed by atoms with Gasteiger partial charge in [0.15, 0.2) is 0 Å². The van der Waals surface area contributed by atoms with E-state index in [0.29, 0.717) is 13.0 Å². The molecule has 0 aliphatic heterocycles. The molecular weight excluding hydrogens is 212 g/mol. The van der Waals surface area contributed by atoms with Gasteiger partial charge in [0.1, 0.15) is 0 Å². The van der Waals surface area contributed by atoms with Gasteiger partial charge in [-0.2, -0.15) is 0 Å². The summed E-state index contributed by atoms with van der Waals surface area (Å²) in [7, 11) is 0. The van der Waals surface area contributed by atoms with Gasteiger partial charge in [-0.25, -0.2) is 0 Å². The highest BCUT2D eigenvalue weighted by atomic mass is 16.5. The first-order valence-corrected chi connectivity index (χ1v) is 6.76. The van der Waals surface area contributed by atoms with E-state index in [-0.39, 0.29) is 5.97 Å². The number of carbonyl (C=O) groups excluding carboxylic acids is 1.